The fraction of sp³-hybridized carbons (Fsp3) is 0. The van der Waals surface area contributed by atoms with Gasteiger partial charge in [0, 0.05) is 11.1 Å². The van der Waals surface area contributed by atoms with Gasteiger partial charge in [-0.2, -0.15) is 0 Å². The van der Waals surface area contributed by atoms with E-state index in [1.54, 1.807) is 12.1 Å². The molecule has 0 atom stereocenters. The molecule has 0 saturated heterocycles. The van der Waals surface area contributed by atoms with Crippen LogP contribution in [0.3, 0.4) is 0 Å². The second kappa shape index (κ2) is 9.76. The number of fused-ring (bicyclic) bond motifs is 2. The lowest BCUT2D eigenvalue weighted by molar-refractivity contribution is 0.463. The maximum atomic E-state index is 11.1. The monoisotopic (exact) mass is 514 g/mol. The van der Waals surface area contributed by atoms with Crippen LogP contribution in [-0.2, 0) is 0 Å². The summed E-state index contributed by atoms with van der Waals surface area (Å²) in [5.74, 6) is 0.249. The zero-order valence-electron chi connectivity index (χ0n) is 21.8. The molecule has 2 N–H and O–H groups in total. The van der Waals surface area contributed by atoms with Gasteiger partial charge in [-0.3, -0.25) is 0 Å². The summed E-state index contributed by atoms with van der Waals surface area (Å²) >= 11 is 0. The second-order valence-electron chi connectivity index (χ2n) is 10.2. The number of aromatic hydroxyl groups is 2. The summed E-state index contributed by atoms with van der Waals surface area (Å²) in [7, 11) is 0. The molecule has 190 valence electrons. The zero-order chi connectivity index (χ0) is 27.1. The van der Waals surface area contributed by atoms with Gasteiger partial charge in [-0.15, -0.1) is 0 Å². The molecule has 40 heavy (non-hydrogen) atoms. The largest absolute Gasteiger partial charge is 0.507 e. The van der Waals surface area contributed by atoms with Gasteiger partial charge in [0.05, 0.1) is 0 Å². The lowest BCUT2D eigenvalue weighted by Crippen LogP contribution is -1.87. The minimum atomic E-state index is 0.125. The van der Waals surface area contributed by atoms with E-state index in [2.05, 4.69) is 84.9 Å². The van der Waals surface area contributed by atoms with Crippen LogP contribution in [0.4, 0.5) is 0 Å². The van der Waals surface area contributed by atoms with Crippen LogP contribution >= 0.6 is 0 Å². The van der Waals surface area contributed by atoms with Gasteiger partial charge in [0.25, 0.3) is 0 Å². The Morgan fingerprint density at radius 1 is 0.275 bits per heavy atom. The van der Waals surface area contributed by atoms with Gasteiger partial charge in [0.15, 0.2) is 0 Å². The van der Waals surface area contributed by atoms with E-state index in [1.165, 1.54) is 21.5 Å². The average molecular weight is 515 g/mol. The highest BCUT2D eigenvalue weighted by molar-refractivity contribution is 5.90. The number of hydrogen-bond acceptors (Lipinski definition) is 2. The van der Waals surface area contributed by atoms with Crippen LogP contribution in [0.5, 0.6) is 11.5 Å². The highest BCUT2D eigenvalue weighted by Gasteiger charge is 2.14. The molecule has 0 fully saturated rings. The van der Waals surface area contributed by atoms with Crippen LogP contribution in [0, 0.1) is 0 Å². The van der Waals surface area contributed by atoms with Crippen LogP contribution in [0.2, 0.25) is 0 Å². The molecule has 0 amide bonds. The summed E-state index contributed by atoms with van der Waals surface area (Å²) in [6.07, 6.45) is 0. The Bertz CT molecular complexity index is 1890. The molecule has 0 spiro atoms. The Morgan fingerprint density at radius 2 is 0.650 bits per heavy atom. The lowest BCUT2D eigenvalue weighted by Gasteiger charge is -2.13. The molecule has 7 rings (SSSR count). The van der Waals surface area contributed by atoms with Crippen LogP contribution in [0.25, 0.3) is 66.1 Å². The van der Waals surface area contributed by atoms with Crippen molar-refractivity contribution in [2.24, 2.45) is 0 Å². The van der Waals surface area contributed by atoms with Gasteiger partial charge in [0.1, 0.15) is 11.5 Å². The molecule has 0 aliphatic heterocycles. The van der Waals surface area contributed by atoms with Crippen molar-refractivity contribution < 1.29 is 10.2 Å². The number of rotatable bonds is 4. The summed E-state index contributed by atoms with van der Waals surface area (Å²) in [6.45, 7) is 0. The first-order valence-electron chi connectivity index (χ1n) is 13.4. The van der Waals surface area contributed by atoms with Crippen molar-refractivity contribution in [3.05, 3.63) is 146 Å². The van der Waals surface area contributed by atoms with Crippen molar-refractivity contribution in [3.8, 4) is 56.0 Å². The molecule has 0 aliphatic rings. The van der Waals surface area contributed by atoms with Crippen LogP contribution in [0.15, 0.2) is 146 Å². The van der Waals surface area contributed by atoms with Crippen molar-refractivity contribution in [3.63, 3.8) is 0 Å². The van der Waals surface area contributed by atoms with Crippen molar-refractivity contribution in [1.82, 2.24) is 0 Å². The molecule has 0 bridgehead atoms. The predicted molar refractivity (Wildman–Crippen MR) is 167 cm³/mol. The van der Waals surface area contributed by atoms with Crippen molar-refractivity contribution in [1.29, 1.82) is 0 Å². The molecule has 0 aromatic heterocycles. The molecule has 0 aliphatic carbocycles. The molecule has 2 nitrogen and oxygen atoms in total. The van der Waals surface area contributed by atoms with Gasteiger partial charge in [-0.1, -0.05) is 109 Å². The molecule has 7 aromatic rings. The third-order valence-electron chi connectivity index (χ3n) is 7.63. The first-order chi connectivity index (χ1) is 19.6. The summed E-state index contributed by atoms with van der Waals surface area (Å²) < 4.78 is 0. The van der Waals surface area contributed by atoms with E-state index in [9.17, 15) is 10.2 Å². The standard InChI is InChI=1S/C38H26O2/c39-37-24-36(34-14-6-12-30(22-34)32-18-16-26-8-2-4-10-28(26)20-32)38(40)23-35(37)33-13-5-11-29(21-33)31-17-15-25-7-1-3-9-27(25)19-31/h1-24,39-40H. The van der Waals surface area contributed by atoms with E-state index in [-0.39, 0.29) is 11.5 Å². The smallest absolute Gasteiger partial charge is 0.124 e. The summed E-state index contributed by atoms with van der Waals surface area (Å²) in [4.78, 5) is 0. The van der Waals surface area contributed by atoms with Gasteiger partial charge in [-0.25, -0.2) is 0 Å². The highest BCUT2D eigenvalue weighted by atomic mass is 16.3. The van der Waals surface area contributed by atoms with Gasteiger partial charge in [0.2, 0.25) is 0 Å². The SMILES string of the molecule is Oc1cc(-c2cccc(-c3ccc4ccccc4c3)c2)c(O)cc1-c1cccc(-c2ccc3ccccc3c2)c1. The minimum Gasteiger partial charge on any atom is -0.507 e. The van der Waals surface area contributed by atoms with Crippen LogP contribution < -0.4 is 0 Å². The van der Waals surface area contributed by atoms with E-state index in [1.807, 2.05) is 48.5 Å². The quantitative estimate of drug-likeness (QED) is 0.229. The normalized spacial score (nSPS) is 11.2. The Hall–Kier alpha value is -5.34. The van der Waals surface area contributed by atoms with Crippen LogP contribution in [-0.4, -0.2) is 10.2 Å². The van der Waals surface area contributed by atoms with Gasteiger partial charge in [-0.05, 0) is 91.3 Å². The molecule has 0 unspecified atom stereocenters. The minimum absolute atomic E-state index is 0.125. The predicted octanol–water partition coefficient (Wildman–Crippen LogP) is 10.1. The van der Waals surface area contributed by atoms with Crippen LogP contribution in [0.1, 0.15) is 0 Å². The molecular weight excluding hydrogens is 488 g/mol. The Kier molecular flexibility index (Phi) is 5.79. The van der Waals surface area contributed by atoms with Gasteiger partial charge >= 0.3 is 0 Å². The third kappa shape index (κ3) is 4.36. The van der Waals surface area contributed by atoms with Gasteiger partial charge < -0.3 is 10.2 Å². The molecule has 7 aromatic carbocycles. The maximum Gasteiger partial charge on any atom is 0.124 e. The Balaban J connectivity index is 1.24. The van der Waals surface area contributed by atoms with E-state index in [0.29, 0.717) is 11.1 Å². The fourth-order valence-corrected chi connectivity index (χ4v) is 5.51. The first-order valence-corrected chi connectivity index (χ1v) is 13.4. The maximum absolute atomic E-state index is 11.1. The van der Waals surface area contributed by atoms with Crippen molar-refractivity contribution in [2.45, 2.75) is 0 Å². The molecule has 0 heterocycles. The Morgan fingerprint density at radius 3 is 1.10 bits per heavy atom. The second-order valence-corrected chi connectivity index (χ2v) is 10.2. The van der Waals surface area contributed by atoms with E-state index in [4.69, 9.17) is 0 Å². The summed E-state index contributed by atoms with van der Waals surface area (Å²) in [5, 5.41) is 27.0. The van der Waals surface area contributed by atoms with Crippen molar-refractivity contribution >= 4 is 21.5 Å². The van der Waals surface area contributed by atoms with Crippen molar-refractivity contribution in [2.75, 3.05) is 0 Å². The molecule has 0 radical (unpaired) electrons. The molecule has 2 heteroatoms. The van der Waals surface area contributed by atoms with E-state index >= 15 is 0 Å². The van der Waals surface area contributed by atoms with E-state index < -0.39 is 0 Å². The first kappa shape index (κ1) is 23.8. The zero-order valence-corrected chi connectivity index (χ0v) is 21.8. The topological polar surface area (TPSA) is 40.5 Å². The number of phenols is 2. The number of hydrogen-bond donors (Lipinski definition) is 2. The summed E-state index contributed by atoms with van der Waals surface area (Å²) in [6, 6.07) is 48.9. The Labute approximate surface area is 233 Å². The molecular formula is C38H26O2. The highest BCUT2D eigenvalue weighted by Crippen LogP contribution is 2.41. The molecule has 0 saturated carbocycles. The average Bonchev–Trinajstić information content (AvgIpc) is 3.01. The summed E-state index contributed by atoms with van der Waals surface area (Å²) in [5.41, 5.74) is 7.18. The fourth-order valence-electron chi connectivity index (χ4n) is 5.51. The number of benzene rings is 7. The lowest BCUT2D eigenvalue weighted by atomic mass is 9.93. The number of phenolic OH excluding ortho intramolecular Hbond substituents is 2. The van der Waals surface area contributed by atoms with E-state index in [0.717, 1.165) is 33.4 Å². The third-order valence-corrected chi connectivity index (χ3v) is 7.63.